The smallest absolute Gasteiger partial charge is 0.253 e. The fourth-order valence-corrected chi connectivity index (χ4v) is 1.31. The highest BCUT2D eigenvalue weighted by molar-refractivity contribution is 6.00. The number of nitrogens with one attached hydrogen (secondary N) is 1. The summed E-state index contributed by atoms with van der Waals surface area (Å²) >= 11 is 0. The van der Waals surface area contributed by atoms with E-state index in [-0.39, 0.29) is 17.8 Å². The summed E-state index contributed by atoms with van der Waals surface area (Å²) in [6, 6.07) is 4.73. The molecule has 18 heavy (non-hydrogen) atoms. The molecule has 0 saturated carbocycles. The number of anilines is 1. The molecule has 98 valence electrons. The molecule has 0 saturated heterocycles. The van der Waals surface area contributed by atoms with Crippen molar-refractivity contribution in [1.29, 1.82) is 0 Å². The fraction of sp³-hybridized carbons (Fsp3) is 0.273. The summed E-state index contributed by atoms with van der Waals surface area (Å²) in [6.07, 6.45) is -1.43. The zero-order valence-electron chi connectivity index (χ0n) is 9.84. The van der Waals surface area contributed by atoms with Crippen LogP contribution in [0.15, 0.2) is 18.2 Å². The first-order valence-electron chi connectivity index (χ1n) is 5.15. The van der Waals surface area contributed by atoms with Gasteiger partial charge in [0.2, 0.25) is 5.91 Å². The van der Waals surface area contributed by atoms with Crippen molar-refractivity contribution in [1.82, 2.24) is 5.32 Å². The molecular weight excluding hydrogens is 238 g/mol. The van der Waals surface area contributed by atoms with Crippen LogP contribution in [0.2, 0.25) is 0 Å². The molecule has 1 rings (SSSR count). The quantitative estimate of drug-likeness (QED) is 0.493. The summed E-state index contributed by atoms with van der Waals surface area (Å²) in [4.78, 5) is 22.3. The second-order valence-electron chi connectivity index (χ2n) is 3.55. The molecule has 0 radical (unpaired) electrons. The van der Waals surface area contributed by atoms with Gasteiger partial charge in [-0.1, -0.05) is 6.07 Å². The Balaban J connectivity index is 2.76. The molecular formula is C11H15N3O4. The van der Waals surface area contributed by atoms with Crippen molar-refractivity contribution >= 4 is 17.5 Å². The van der Waals surface area contributed by atoms with Crippen LogP contribution in [-0.4, -0.2) is 36.7 Å². The van der Waals surface area contributed by atoms with Gasteiger partial charge in [-0.05, 0) is 12.1 Å². The van der Waals surface area contributed by atoms with Crippen LogP contribution in [0.1, 0.15) is 10.4 Å². The first kappa shape index (κ1) is 13.8. The van der Waals surface area contributed by atoms with Gasteiger partial charge in [0.05, 0.1) is 24.9 Å². The third kappa shape index (κ3) is 3.11. The van der Waals surface area contributed by atoms with Crippen LogP contribution in [0.25, 0.3) is 0 Å². The molecule has 6 N–H and O–H groups in total. The number of hydrogen-bond donors (Lipinski definition) is 4. The number of ether oxygens (including phenoxy) is 1. The number of nitrogens with two attached hydrogens (primary N) is 2. The molecule has 1 aromatic carbocycles. The first-order chi connectivity index (χ1) is 8.47. The van der Waals surface area contributed by atoms with Gasteiger partial charge in [-0.25, -0.2) is 0 Å². The van der Waals surface area contributed by atoms with Gasteiger partial charge >= 0.3 is 0 Å². The maximum absolute atomic E-state index is 11.8. The average molecular weight is 253 g/mol. The van der Waals surface area contributed by atoms with Gasteiger partial charge in [-0.15, -0.1) is 0 Å². The zero-order chi connectivity index (χ0) is 13.7. The zero-order valence-corrected chi connectivity index (χ0v) is 9.84. The van der Waals surface area contributed by atoms with Crippen LogP contribution in [-0.2, 0) is 4.79 Å². The SMILES string of the molecule is COc1cccc(C(=O)NCC(O)C(N)=O)c1N. The molecule has 0 aromatic heterocycles. The van der Waals surface area contributed by atoms with Crippen molar-refractivity contribution in [2.24, 2.45) is 5.73 Å². The molecule has 7 nitrogen and oxygen atoms in total. The van der Waals surface area contributed by atoms with E-state index < -0.39 is 17.9 Å². The van der Waals surface area contributed by atoms with Gasteiger partial charge in [0.1, 0.15) is 11.9 Å². The predicted molar refractivity (Wildman–Crippen MR) is 64.9 cm³/mol. The second-order valence-corrected chi connectivity index (χ2v) is 3.55. The Bertz CT molecular complexity index is 462. The van der Waals surface area contributed by atoms with Gasteiger partial charge in [0.25, 0.3) is 5.91 Å². The lowest BCUT2D eigenvalue weighted by Gasteiger charge is -2.11. The number of rotatable bonds is 5. The Morgan fingerprint density at radius 3 is 2.72 bits per heavy atom. The molecule has 7 heteroatoms. The number of benzene rings is 1. The average Bonchev–Trinajstić information content (AvgIpc) is 2.35. The number of para-hydroxylation sites is 1. The third-order valence-electron chi connectivity index (χ3n) is 2.32. The lowest BCUT2D eigenvalue weighted by molar-refractivity contribution is -0.125. The van der Waals surface area contributed by atoms with E-state index in [2.05, 4.69) is 5.32 Å². The maximum Gasteiger partial charge on any atom is 0.253 e. The van der Waals surface area contributed by atoms with Crippen molar-refractivity contribution in [3.63, 3.8) is 0 Å². The Labute approximate surface area is 104 Å². The number of amides is 2. The summed E-state index contributed by atoms with van der Waals surface area (Å²) in [5, 5.41) is 11.5. The van der Waals surface area contributed by atoms with E-state index >= 15 is 0 Å². The number of methoxy groups -OCH3 is 1. The third-order valence-corrected chi connectivity index (χ3v) is 2.32. The fourth-order valence-electron chi connectivity index (χ4n) is 1.31. The van der Waals surface area contributed by atoms with Crippen LogP contribution in [0.3, 0.4) is 0 Å². The van der Waals surface area contributed by atoms with E-state index in [0.29, 0.717) is 5.75 Å². The molecule has 0 bridgehead atoms. The number of carbonyl (C=O) groups is 2. The maximum atomic E-state index is 11.8. The Morgan fingerprint density at radius 2 is 2.17 bits per heavy atom. The Morgan fingerprint density at radius 1 is 1.50 bits per heavy atom. The Kier molecular flexibility index (Phi) is 4.50. The van der Waals surface area contributed by atoms with Crippen LogP contribution in [0.4, 0.5) is 5.69 Å². The van der Waals surface area contributed by atoms with Crippen molar-refractivity contribution in [2.75, 3.05) is 19.4 Å². The highest BCUT2D eigenvalue weighted by atomic mass is 16.5. The number of aliphatic hydroxyl groups is 1. The number of aliphatic hydroxyl groups excluding tert-OH is 1. The van der Waals surface area contributed by atoms with E-state index in [9.17, 15) is 9.59 Å². The Hall–Kier alpha value is -2.28. The molecule has 0 aliphatic heterocycles. The molecule has 0 fully saturated rings. The molecule has 1 atom stereocenters. The minimum Gasteiger partial charge on any atom is -0.495 e. The van der Waals surface area contributed by atoms with E-state index in [4.69, 9.17) is 21.3 Å². The van der Waals surface area contributed by atoms with E-state index in [1.165, 1.54) is 13.2 Å². The van der Waals surface area contributed by atoms with Crippen molar-refractivity contribution < 1.29 is 19.4 Å². The molecule has 0 aliphatic rings. The standard InChI is InChI=1S/C11H15N3O4/c1-18-8-4-2-3-6(9(8)12)11(17)14-5-7(15)10(13)16/h2-4,7,15H,5,12H2,1H3,(H2,13,16)(H,14,17). The normalized spacial score (nSPS) is 11.7. The topological polar surface area (TPSA) is 128 Å². The summed E-state index contributed by atoms with van der Waals surface area (Å²) in [5.41, 5.74) is 11.0. The monoisotopic (exact) mass is 253 g/mol. The van der Waals surface area contributed by atoms with Gasteiger partial charge in [0.15, 0.2) is 0 Å². The van der Waals surface area contributed by atoms with Gasteiger partial charge in [-0.3, -0.25) is 9.59 Å². The van der Waals surface area contributed by atoms with E-state index in [1.54, 1.807) is 12.1 Å². The lowest BCUT2D eigenvalue weighted by atomic mass is 10.1. The minimum absolute atomic E-state index is 0.186. The second kappa shape index (κ2) is 5.87. The molecule has 2 amide bonds. The first-order valence-corrected chi connectivity index (χ1v) is 5.15. The summed E-state index contributed by atoms with van der Waals surface area (Å²) < 4.78 is 4.97. The van der Waals surface area contributed by atoms with Crippen LogP contribution < -0.4 is 21.5 Å². The molecule has 0 spiro atoms. The summed E-state index contributed by atoms with van der Waals surface area (Å²) in [7, 11) is 1.43. The van der Waals surface area contributed by atoms with Gasteiger partial charge in [-0.2, -0.15) is 0 Å². The van der Waals surface area contributed by atoms with Crippen LogP contribution >= 0.6 is 0 Å². The molecule has 1 unspecified atom stereocenters. The summed E-state index contributed by atoms with van der Waals surface area (Å²) in [5.74, 6) is -1.06. The highest BCUT2D eigenvalue weighted by Gasteiger charge is 2.16. The summed E-state index contributed by atoms with van der Waals surface area (Å²) in [6.45, 7) is -0.273. The number of hydrogen-bond acceptors (Lipinski definition) is 5. The molecule has 0 heterocycles. The molecule has 0 aliphatic carbocycles. The number of carbonyl (C=O) groups excluding carboxylic acids is 2. The van der Waals surface area contributed by atoms with Gasteiger partial charge in [0, 0.05) is 0 Å². The van der Waals surface area contributed by atoms with Crippen molar-refractivity contribution in [3.8, 4) is 5.75 Å². The van der Waals surface area contributed by atoms with E-state index in [1.807, 2.05) is 0 Å². The van der Waals surface area contributed by atoms with Crippen LogP contribution in [0, 0.1) is 0 Å². The largest absolute Gasteiger partial charge is 0.495 e. The van der Waals surface area contributed by atoms with Gasteiger partial charge < -0.3 is 26.6 Å². The molecule has 1 aromatic rings. The van der Waals surface area contributed by atoms with Crippen LogP contribution in [0.5, 0.6) is 5.75 Å². The number of nitrogen functional groups attached to an aromatic ring is 1. The predicted octanol–water partition coefficient (Wildman–Crippen LogP) is -1.15. The van der Waals surface area contributed by atoms with E-state index in [0.717, 1.165) is 0 Å². The minimum atomic E-state index is -1.43. The lowest BCUT2D eigenvalue weighted by Crippen LogP contribution is -2.40. The van der Waals surface area contributed by atoms with Crippen molar-refractivity contribution in [2.45, 2.75) is 6.10 Å². The highest BCUT2D eigenvalue weighted by Crippen LogP contribution is 2.24. The van der Waals surface area contributed by atoms with Crippen molar-refractivity contribution in [3.05, 3.63) is 23.8 Å². The number of primary amides is 1.